The summed E-state index contributed by atoms with van der Waals surface area (Å²) in [6.45, 7) is 0.505. The molecule has 2 amide bonds. The molecular weight excluding hydrogens is 358 g/mol. The van der Waals surface area contributed by atoms with Crippen molar-refractivity contribution in [3.8, 4) is 0 Å². The summed E-state index contributed by atoms with van der Waals surface area (Å²) in [6.07, 6.45) is 1.70. The summed E-state index contributed by atoms with van der Waals surface area (Å²) in [4.78, 5) is 31.6. The highest BCUT2D eigenvalue weighted by molar-refractivity contribution is 7.15. The van der Waals surface area contributed by atoms with Crippen LogP contribution in [-0.4, -0.2) is 16.8 Å². The SMILES string of the molecule is O=C1c2ccccc2C(=O)N1c1ccccc1NCc1cnc(Cl)s1. The molecule has 0 spiro atoms. The Labute approximate surface area is 152 Å². The predicted octanol–water partition coefficient (Wildman–Crippen LogP) is 4.21. The number of nitrogens with zero attached hydrogens (tertiary/aromatic N) is 2. The molecule has 1 aliphatic rings. The molecule has 0 saturated carbocycles. The van der Waals surface area contributed by atoms with E-state index in [-0.39, 0.29) is 11.8 Å². The first-order chi connectivity index (χ1) is 12.1. The van der Waals surface area contributed by atoms with Gasteiger partial charge in [-0.1, -0.05) is 35.9 Å². The Morgan fingerprint density at radius 1 is 1.00 bits per heavy atom. The number of hydrogen-bond donors (Lipinski definition) is 1. The van der Waals surface area contributed by atoms with Crippen molar-refractivity contribution in [1.29, 1.82) is 0 Å². The molecule has 0 aliphatic carbocycles. The molecule has 124 valence electrons. The van der Waals surface area contributed by atoms with Gasteiger partial charge in [0.25, 0.3) is 11.8 Å². The number of fused-ring (bicyclic) bond motifs is 1. The van der Waals surface area contributed by atoms with E-state index in [4.69, 9.17) is 11.6 Å². The number of hydrogen-bond acceptors (Lipinski definition) is 5. The monoisotopic (exact) mass is 369 g/mol. The van der Waals surface area contributed by atoms with E-state index in [9.17, 15) is 9.59 Å². The number of carbonyl (C=O) groups excluding carboxylic acids is 2. The predicted molar refractivity (Wildman–Crippen MR) is 98.5 cm³/mol. The first-order valence-corrected chi connectivity index (χ1v) is 8.75. The fourth-order valence-electron chi connectivity index (χ4n) is 2.77. The van der Waals surface area contributed by atoms with E-state index in [1.165, 1.54) is 16.2 Å². The van der Waals surface area contributed by atoms with E-state index in [0.717, 1.165) is 4.88 Å². The quantitative estimate of drug-likeness (QED) is 0.700. The van der Waals surface area contributed by atoms with Gasteiger partial charge in [0.05, 0.1) is 29.0 Å². The van der Waals surface area contributed by atoms with Gasteiger partial charge in [-0.25, -0.2) is 9.88 Å². The molecule has 25 heavy (non-hydrogen) atoms. The molecule has 0 radical (unpaired) electrons. The van der Waals surface area contributed by atoms with E-state index in [2.05, 4.69) is 10.3 Å². The van der Waals surface area contributed by atoms with Crippen LogP contribution < -0.4 is 10.2 Å². The van der Waals surface area contributed by atoms with Crippen molar-refractivity contribution in [2.45, 2.75) is 6.54 Å². The molecule has 0 saturated heterocycles. The third-order valence-electron chi connectivity index (χ3n) is 3.92. The standard InChI is InChI=1S/C18H12ClN3O2S/c19-18-21-10-11(25-18)9-20-14-7-3-4-8-15(14)22-16(23)12-5-1-2-6-13(12)17(22)24/h1-8,10,20H,9H2. The van der Waals surface area contributed by atoms with E-state index >= 15 is 0 Å². The molecule has 2 aromatic carbocycles. The van der Waals surface area contributed by atoms with Gasteiger partial charge in [-0.05, 0) is 24.3 Å². The molecule has 7 heteroatoms. The normalized spacial score (nSPS) is 13.2. The lowest BCUT2D eigenvalue weighted by molar-refractivity contribution is 0.0926. The topological polar surface area (TPSA) is 62.3 Å². The highest BCUT2D eigenvalue weighted by atomic mass is 35.5. The summed E-state index contributed by atoms with van der Waals surface area (Å²) in [5.41, 5.74) is 2.08. The zero-order chi connectivity index (χ0) is 17.4. The van der Waals surface area contributed by atoms with Gasteiger partial charge < -0.3 is 5.32 Å². The smallest absolute Gasteiger partial charge is 0.266 e. The Kier molecular flexibility index (Phi) is 3.99. The zero-order valence-electron chi connectivity index (χ0n) is 12.9. The Balaban J connectivity index is 1.65. The van der Waals surface area contributed by atoms with Gasteiger partial charge in [0.2, 0.25) is 0 Å². The van der Waals surface area contributed by atoms with Crippen LogP contribution in [0, 0.1) is 0 Å². The highest BCUT2D eigenvalue weighted by Gasteiger charge is 2.37. The van der Waals surface area contributed by atoms with Crippen LogP contribution in [0.3, 0.4) is 0 Å². The van der Waals surface area contributed by atoms with Gasteiger partial charge in [-0.3, -0.25) is 9.59 Å². The van der Waals surface area contributed by atoms with Gasteiger partial charge in [0.1, 0.15) is 0 Å². The van der Waals surface area contributed by atoms with Gasteiger partial charge in [0, 0.05) is 11.1 Å². The average Bonchev–Trinajstić information content (AvgIpc) is 3.16. The lowest BCUT2D eigenvalue weighted by Crippen LogP contribution is -2.30. The summed E-state index contributed by atoms with van der Waals surface area (Å²) < 4.78 is 0.477. The maximum atomic E-state index is 12.7. The molecule has 0 bridgehead atoms. The summed E-state index contributed by atoms with van der Waals surface area (Å²) in [5, 5.41) is 3.25. The Morgan fingerprint density at radius 3 is 2.28 bits per heavy atom. The third kappa shape index (κ3) is 2.79. The van der Waals surface area contributed by atoms with Crippen LogP contribution in [-0.2, 0) is 6.54 Å². The fourth-order valence-corrected chi connectivity index (χ4v) is 3.69. The molecule has 0 unspecified atom stereocenters. The zero-order valence-corrected chi connectivity index (χ0v) is 14.5. The minimum atomic E-state index is -0.310. The van der Waals surface area contributed by atoms with Crippen molar-refractivity contribution in [1.82, 2.24) is 4.98 Å². The second kappa shape index (κ2) is 6.31. The number of halogens is 1. The van der Waals surface area contributed by atoms with Gasteiger partial charge in [0.15, 0.2) is 4.47 Å². The van der Waals surface area contributed by atoms with Gasteiger partial charge in [-0.2, -0.15) is 0 Å². The lowest BCUT2D eigenvalue weighted by atomic mass is 10.1. The Morgan fingerprint density at radius 2 is 1.64 bits per heavy atom. The first kappa shape index (κ1) is 15.8. The number of amides is 2. The van der Waals surface area contributed by atoms with E-state index in [1.807, 2.05) is 12.1 Å². The van der Waals surface area contributed by atoms with Gasteiger partial charge >= 0.3 is 0 Å². The number of aromatic nitrogens is 1. The van der Waals surface area contributed by atoms with E-state index in [1.54, 1.807) is 42.6 Å². The molecular formula is C18H12ClN3O2S. The lowest BCUT2D eigenvalue weighted by Gasteiger charge is -2.18. The van der Waals surface area contributed by atoms with Crippen molar-refractivity contribution in [3.63, 3.8) is 0 Å². The number of nitrogens with one attached hydrogen (secondary N) is 1. The van der Waals surface area contributed by atoms with Crippen molar-refractivity contribution < 1.29 is 9.59 Å². The molecule has 1 N–H and O–H groups in total. The molecule has 3 aromatic rings. The number of anilines is 2. The second-order valence-corrected chi connectivity index (χ2v) is 7.14. The summed E-state index contributed by atoms with van der Waals surface area (Å²) in [5.74, 6) is -0.619. The highest BCUT2D eigenvalue weighted by Crippen LogP contribution is 2.33. The summed E-state index contributed by atoms with van der Waals surface area (Å²) in [7, 11) is 0. The van der Waals surface area contributed by atoms with Crippen LogP contribution in [0.25, 0.3) is 0 Å². The minimum absolute atomic E-state index is 0.310. The minimum Gasteiger partial charge on any atom is -0.378 e. The molecule has 2 heterocycles. The van der Waals surface area contributed by atoms with Crippen LogP contribution in [0.15, 0.2) is 54.7 Å². The largest absolute Gasteiger partial charge is 0.378 e. The number of rotatable bonds is 4. The maximum Gasteiger partial charge on any atom is 0.266 e. The molecule has 5 nitrogen and oxygen atoms in total. The second-order valence-electron chi connectivity index (χ2n) is 5.44. The van der Waals surface area contributed by atoms with Crippen molar-refractivity contribution in [2.24, 2.45) is 0 Å². The average molecular weight is 370 g/mol. The summed E-state index contributed by atoms with van der Waals surface area (Å²) in [6, 6.07) is 14.1. The van der Waals surface area contributed by atoms with Gasteiger partial charge in [-0.15, -0.1) is 11.3 Å². The molecule has 4 rings (SSSR count). The molecule has 1 aromatic heterocycles. The molecule has 0 fully saturated rings. The Bertz CT molecular complexity index is 951. The van der Waals surface area contributed by atoms with Crippen LogP contribution in [0.5, 0.6) is 0 Å². The third-order valence-corrected chi connectivity index (χ3v) is 5.03. The number of benzene rings is 2. The molecule has 0 atom stereocenters. The molecule has 1 aliphatic heterocycles. The van der Waals surface area contributed by atoms with Crippen LogP contribution in [0.1, 0.15) is 25.6 Å². The fraction of sp³-hybridized carbons (Fsp3) is 0.0556. The van der Waals surface area contributed by atoms with Crippen molar-refractivity contribution in [3.05, 3.63) is 75.2 Å². The Hall–Kier alpha value is -2.70. The van der Waals surface area contributed by atoms with E-state index in [0.29, 0.717) is 33.5 Å². The van der Waals surface area contributed by atoms with E-state index < -0.39 is 0 Å². The number of carbonyl (C=O) groups is 2. The number of thiazole rings is 1. The van der Waals surface area contributed by atoms with Crippen molar-refractivity contribution in [2.75, 3.05) is 10.2 Å². The van der Waals surface area contributed by atoms with Crippen LogP contribution >= 0.6 is 22.9 Å². The van der Waals surface area contributed by atoms with Crippen LogP contribution in [0.2, 0.25) is 4.47 Å². The first-order valence-electron chi connectivity index (χ1n) is 7.56. The van der Waals surface area contributed by atoms with Crippen LogP contribution in [0.4, 0.5) is 11.4 Å². The summed E-state index contributed by atoms with van der Waals surface area (Å²) >= 11 is 7.23. The van der Waals surface area contributed by atoms with Crippen molar-refractivity contribution >= 4 is 46.1 Å². The number of imide groups is 1. The number of para-hydroxylation sites is 2. The maximum absolute atomic E-state index is 12.7.